The number of nitrogens with one attached hydrogen (secondary N) is 1. The highest BCUT2D eigenvalue weighted by Gasteiger charge is 2.12. The van der Waals surface area contributed by atoms with Gasteiger partial charge in [0.05, 0.1) is 24.4 Å². The second-order valence-corrected chi connectivity index (χ2v) is 8.38. The lowest BCUT2D eigenvalue weighted by Crippen LogP contribution is -2.17. The summed E-state index contributed by atoms with van der Waals surface area (Å²) in [6.07, 6.45) is 1.54. The number of carbonyl (C=O) groups is 1. The molecule has 0 heterocycles. The van der Waals surface area contributed by atoms with E-state index in [1.165, 1.54) is 6.21 Å². The zero-order valence-corrected chi connectivity index (χ0v) is 20.8. The minimum atomic E-state index is -0.315. The number of benzene rings is 3. The van der Waals surface area contributed by atoms with E-state index in [1.54, 1.807) is 37.4 Å². The minimum absolute atomic E-state index is 0.315. The van der Waals surface area contributed by atoms with E-state index in [4.69, 9.17) is 14.2 Å². The van der Waals surface area contributed by atoms with Crippen LogP contribution in [-0.4, -0.2) is 25.8 Å². The molecule has 0 aliphatic rings. The molecule has 0 fully saturated rings. The zero-order valence-electron chi connectivity index (χ0n) is 17.6. The first-order valence-electron chi connectivity index (χ1n) is 9.81. The molecule has 0 radical (unpaired) electrons. The molecule has 0 spiro atoms. The van der Waals surface area contributed by atoms with Crippen molar-refractivity contribution in [2.75, 3.05) is 13.7 Å². The molecule has 0 saturated carbocycles. The number of hydrazone groups is 1. The quantitative estimate of drug-likeness (QED) is 0.258. The number of rotatable bonds is 9. The van der Waals surface area contributed by atoms with Crippen LogP contribution < -0.4 is 19.6 Å². The van der Waals surface area contributed by atoms with E-state index >= 15 is 0 Å². The van der Waals surface area contributed by atoms with Gasteiger partial charge in [0.1, 0.15) is 12.4 Å². The van der Waals surface area contributed by atoms with Crippen molar-refractivity contribution in [3.63, 3.8) is 0 Å². The maximum absolute atomic E-state index is 12.3. The van der Waals surface area contributed by atoms with E-state index in [1.807, 2.05) is 37.3 Å². The van der Waals surface area contributed by atoms with Gasteiger partial charge in [0.2, 0.25) is 0 Å². The molecule has 8 heteroatoms. The molecule has 3 aromatic carbocycles. The summed E-state index contributed by atoms with van der Waals surface area (Å²) in [5.74, 6) is 1.54. The molecule has 166 valence electrons. The van der Waals surface area contributed by atoms with E-state index in [0.29, 0.717) is 40.5 Å². The fourth-order valence-electron chi connectivity index (χ4n) is 2.79. The van der Waals surface area contributed by atoms with Crippen LogP contribution in [0.15, 0.2) is 74.7 Å². The van der Waals surface area contributed by atoms with E-state index in [0.717, 1.165) is 15.6 Å². The highest BCUT2D eigenvalue weighted by molar-refractivity contribution is 9.10. The van der Waals surface area contributed by atoms with Crippen LogP contribution >= 0.6 is 31.9 Å². The van der Waals surface area contributed by atoms with Gasteiger partial charge in [-0.15, -0.1) is 0 Å². The topological polar surface area (TPSA) is 69.2 Å². The van der Waals surface area contributed by atoms with Crippen molar-refractivity contribution in [3.05, 3.63) is 86.3 Å². The summed E-state index contributed by atoms with van der Waals surface area (Å²) in [5.41, 5.74) is 4.77. The lowest BCUT2D eigenvalue weighted by molar-refractivity contribution is 0.0955. The summed E-state index contributed by atoms with van der Waals surface area (Å²) in [5, 5.41) is 4.05. The lowest BCUT2D eigenvalue weighted by Gasteiger charge is -2.13. The molecule has 0 unspecified atom stereocenters. The van der Waals surface area contributed by atoms with Crippen molar-refractivity contribution in [3.8, 4) is 17.2 Å². The van der Waals surface area contributed by atoms with Gasteiger partial charge in [-0.3, -0.25) is 4.79 Å². The number of hydrogen-bond donors (Lipinski definition) is 1. The van der Waals surface area contributed by atoms with E-state index in [9.17, 15) is 4.79 Å². The number of ether oxygens (including phenoxy) is 3. The molecular weight excluding hydrogens is 540 g/mol. The maximum Gasteiger partial charge on any atom is 0.271 e. The predicted molar refractivity (Wildman–Crippen MR) is 132 cm³/mol. The van der Waals surface area contributed by atoms with E-state index in [-0.39, 0.29) is 5.91 Å². The molecule has 0 aliphatic heterocycles. The smallest absolute Gasteiger partial charge is 0.271 e. The van der Waals surface area contributed by atoms with Gasteiger partial charge in [-0.05, 0) is 82.5 Å². The standard InChI is InChI=1S/C24H22Br2N2O4/c1-3-31-20-10-6-18(7-11-20)24(29)28-27-14-17-12-21(26)23(22(13-17)30-2)32-15-16-4-8-19(25)9-5-16/h4-14H,3,15H2,1-2H3,(H,28,29)/b27-14-. The summed E-state index contributed by atoms with van der Waals surface area (Å²) >= 11 is 6.95. The predicted octanol–water partition coefficient (Wildman–Crippen LogP) is 5.96. The summed E-state index contributed by atoms with van der Waals surface area (Å²) in [6.45, 7) is 2.88. The van der Waals surface area contributed by atoms with Gasteiger partial charge in [-0.2, -0.15) is 5.10 Å². The Morgan fingerprint density at radius 2 is 1.75 bits per heavy atom. The van der Waals surface area contributed by atoms with Gasteiger partial charge in [-0.1, -0.05) is 28.1 Å². The molecule has 32 heavy (non-hydrogen) atoms. The highest BCUT2D eigenvalue weighted by Crippen LogP contribution is 2.37. The van der Waals surface area contributed by atoms with Gasteiger partial charge < -0.3 is 14.2 Å². The largest absolute Gasteiger partial charge is 0.494 e. The summed E-state index contributed by atoms with van der Waals surface area (Å²) in [7, 11) is 1.57. The first kappa shape index (κ1) is 23.8. The Kier molecular flexibility index (Phi) is 8.70. The maximum atomic E-state index is 12.3. The van der Waals surface area contributed by atoms with Crippen LogP contribution in [0.3, 0.4) is 0 Å². The van der Waals surface area contributed by atoms with Crippen molar-refractivity contribution in [1.82, 2.24) is 5.43 Å². The Morgan fingerprint density at radius 3 is 2.41 bits per heavy atom. The first-order chi connectivity index (χ1) is 15.5. The Balaban J connectivity index is 1.64. The molecule has 0 atom stereocenters. The molecule has 0 aliphatic carbocycles. The highest BCUT2D eigenvalue weighted by atomic mass is 79.9. The number of methoxy groups -OCH3 is 1. The lowest BCUT2D eigenvalue weighted by atomic mass is 10.2. The summed E-state index contributed by atoms with van der Waals surface area (Å²) in [4.78, 5) is 12.3. The average molecular weight is 562 g/mol. The Labute approximate surface area is 203 Å². The Hall–Kier alpha value is -2.84. The van der Waals surface area contributed by atoms with Crippen LogP contribution in [-0.2, 0) is 6.61 Å². The first-order valence-corrected chi connectivity index (χ1v) is 11.4. The monoisotopic (exact) mass is 560 g/mol. The third-order valence-electron chi connectivity index (χ3n) is 4.36. The fraction of sp³-hybridized carbons (Fsp3) is 0.167. The van der Waals surface area contributed by atoms with Crippen molar-refractivity contribution in [2.45, 2.75) is 13.5 Å². The van der Waals surface area contributed by atoms with Crippen LogP contribution in [0.4, 0.5) is 0 Å². The Morgan fingerprint density at radius 1 is 1.03 bits per heavy atom. The van der Waals surface area contributed by atoms with Crippen LogP contribution in [0.1, 0.15) is 28.4 Å². The zero-order chi connectivity index (χ0) is 22.9. The van der Waals surface area contributed by atoms with E-state index in [2.05, 4.69) is 42.4 Å². The van der Waals surface area contributed by atoms with E-state index < -0.39 is 0 Å². The van der Waals surface area contributed by atoms with Gasteiger partial charge in [0.15, 0.2) is 11.5 Å². The Bertz CT molecular complexity index is 1080. The van der Waals surface area contributed by atoms with Crippen molar-refractivity contribution >= 4 is 44.0 Å². The third-order valence-corrected chi connectivity index (χ3v) is 5.47. The average Bonchev–Trinajstić information content (AvgIpc) is 2.80. The molecule has 3 aromatic rings. The second kappa shape index (κ2) is 11.7. The van der Waals surface area contributed by atoms with Crippen LogP contribution in [0.25, 0.3) is 0 Å². The second-order valence-electron chi connectivity index (χ2n) is 6.61. The number of halogens is 2. The molecule has 0 bridgehead atoms. The van der Waals surface area contributed by atoms with Crippen molar-refractivity contribution < 1.29 is 19.0 Å². The number of hydrogen-bond acceptors (Lipinski definition) is 5. The molecule has 1 N–H and O–H groups in total. The molecule has 1 amide bonds. The minimum Gasteiger partial charge on any atom is -0.494 e. The van der Waals surface area contributed by atoms with Crippen molar-refractivity contribution in [1.29, 1.82) is 0 Å². The van der Waals surface area contributed by atoms with Crippen LogP contribution in [0.2, 0.25) is 0 Å². The van der Waals surface area contributed by atoms with Crippen LogP contribution in [0.5, 0.6) is 17.2 Å². The molecular formula is C24H22Br2N2O4. The van der Waals surface area contributed by atoms with Crippen LogP contribution in [0, 0.1) is 0 Å². The summed E-state index contributed by atoms with van der Waals surface area (Å²) < 4.78 is 18.5. The van der Waals surface area contributed by atoms with Crippen molar-refractivity contribution in [2.24, 2.45) is 5.10 Å². The number of carbonyl (C=O) groups excluding carboxylic acids is 1. The number of nitrogens with zero attached hydrogens (tertiary/aromatic N) is 1. The van der Waals surface area contributed by atoms with Gasteiger partial charge in [0.25, 0.3) is 5.91 Å². The number of amides is 1. The molecule has 6 nitrogen and oxygen atoms in total. The fourth-order valence-corrected chi connectivity index (χ4v) is 3.63. The normalized spacial score (nSPS) is 10.8. The summed E-state index contributed by atoms with van der Waals surface area (Å²) in [6, 6.07) is 18.4. The third kappa shape index (κ3) is 6.58. The van der Waals surface area contributed by atoms with Gasteiger partial charge >= 0.3 is 0 Å². The molecule has 0 aromatic heterocycles. The molecule has 0 saturated heterocycles. The van der Waals surface area contributed by atoms with Gasteiger partial charge in [0, 0.05) is 10.0 Å². The SMILES string of the molecule is CCOc1ccc(C(=O)N/N=C\c2cc(Br)c(OCc3ccc(Br)cc3)c(OC)c2)cc1. The molecule has 3 rings (SSSR count). The van der Waals surface area contributed by atoms with Gasteiger partial charge in [-0.25, -0.2) is 5.43 Å².